The molecule has 0 unspecified atom stereocenters. The molecule has 0 radical (unpaired) electrons. The van der Waals surface area contributed by atoms with Crippen molar-refractivity contribution >= 4 is 10.8 Å². The van der Waals surface area contributed by atoms with Crippen LogP contribution in [-0.4, -0.2) is 20.4 Å². The highest BCUT2D eigenvalue weighted by atomic mass is 32.2. The fourth-order valence-corrected chi connectivity index (χ4v) is 0.852. The molecule has 1 aromatic heterocycles. The molecule has 0 saturated carbocycles. The van der Waals surface area contributed by atoms with Gasteiger partial charge < -0.3 is 0 Å². The lowest BCUT2D eigenvalue weighted by molar-refractivity contribution is 0.679. The summed E-state index contributed by atoms with van der Waals surface area (Å²) in [5, 5.41) is 0.387. The predicted octanol–water partition coefficient (Wildman–Crippen LogP) is 0.214. The number of hydrogen-bond donors (Lipinski definition) is 0. The van der Waals surface area contributed by atoms with Gasteiger partial charge in [0.2, 0.25) is 5.16 Å². The molecule has 0 bridgehead atoms. The lowest BCUT2D eigenvalue weighted by atomic mass is 10.7. The summed E-state index contributed by atoms with van der Waals surface area (Å²) >= 11 is 0. The summed E-state index contributed by atoms with van der Waals surface area (Å²) in [6.07, 6.45) is 4.70. The van der Waals surface area contributed by atoms with Crippen LogP contribution in [-0.2, 0) is 10.8 Å². The zero-order valence-electron chi connectivity index (χ0n) is 4.94. The van der Waals surface area contributed by atoms with Crippen molar-refractivity contribution in [2.75, 3.05) is 6.26 Å². The molecule has 0 saturated heterocycles. The van der Waals surface area contributed by atoms with Crippen molar-refractivity contribution in [2.45, 2.75) is 5.16 Å². The highest BCUT2D eigenvalue weighted by Crippen LogP contribution is 1.90. The van der Waals surface area contributed by atoms with Gasteiger partial charge in [0, 0.05) is 18.6 Å². The molecule has 0 N–H and O–H groups in total. The smallest absolute Gasteiger partial charge is 0.218 e. The first-order valence-corrected chi connectivity index (χ1v) is 3.97. The second-order valence-corrected chi connectivity index (χ2v) is 2.76. The van der Waals surface area contributed by atoms with Crippen LogP contribution in [0.5, 0.6) is 0 Å². The fourth-order valence-electron chi connectivity index (χ4n) is 0.434. The van der Waals surface area contributed by atoms with Crippen LogP contribution in [0.15, 0.2) is 23.6 Å². The molecular formula is C5H6N2OS. The molecule has 9 heavy (non-hydrogen) atoms. The lowest BCUT2D eigenvalue weighted by Crippen LogP contribution is -1.93. The molecule has 0 fully saturated rings. The van der Waals surface area contributed by atoms with E-state index in [-0.39, 0.29) is 0 Å². The van der Waals surface area contributed by atoms with Crippen LogP contribution in [0.3, 0.4) is 0 Å². The molecule has 1 atom stereocenters. The van der Waals surface area contributed by atoms with Gasteiger partial charge in [0.15, 0.2) is 0 Å². The summed E-state index contributed by atoms with van der Waals surface area (Å²) in [7, 11) is -1.05. The number of nitrogens with zero attached hydrogens (tertiary/aromatic N) is 2. The number of rotatable bonds is 1. The number of aromatic nitrogens is 2. The predicted molar refractivity (Wildman–Crippen MR) is 34.4 cm³/mol. The molecule has 1 heterocycles. The monoisotopic (exact) mass is 142 g/mol. The minimum absolute atomic E-state index is 0.387. The SMILES string of the molecule is C[S@](=O)c1ncccn1. The fraction of sp³-hybridized carbons (Fsp3) is 0.200. The van der Waals surface area contributed by atoms with Gasteiger partial charge in [-0.3, -0.25) is 4.21 Å². The zero-order valence-corrected chi connectivity index (χ0v) is 5.76. The van der Waals surface area contributed by atoms with Crippen molar-refractivity contribution in [3.8, 4) is 0 Å². The number of hydrogen-bond acceptors (Lipinski definition) is 3. The Labute approximate surface area is 55.6 Å². The molecule has 0 aliphatic rings. The molecule has 4 heteroatoms. The Morgan fingerprint density at radius 2 is 2.00 bits per heavy atom. The van der Waals surface area contributed by atoms with Gasteiger partial charge in [0.05, 0.1) is 10.8 Å². The Kier molecular flexibility index (Phi) is 1.89. The van der Waals surface area contributed by atoms with Crippen LogP contribution in [0.25, 0.3) is 0 Å². The van der Waals surface area contributed by atoms with Crippen LogP contribution in [0.1, 0.15) is 0 Å². The summed E-state index contributed by atoms with van der Waals surface area (Å²) in [6.45, 7) is 0. The van der Waals surface area contributed by atoms with Crippen LogP contribution in [0.2, 0.25) is 0 Å². The van der Waals surface area contributed by atoms with Crippen molar-refractivity contribution < 1.29 is 4.21 Å². The van der Waals surface area contributed by atoms with Gasteiger partial charge in [0.1, 0.15) is 0 Å². The molecule has 1 rings (SSSR count). The van der Waals surface area contributed by atoms with Crippen LogP contribution >= 0.6 is 0 Å². The Bertz CT molecular complexity index is 211. The first-order chi connectivity index (χ1) is 4.30. The topological polar surface area (TPSA) is 42.9 Å². The molecule has 1 aromatic rings. The third-order valence-corrected chi connectivity index (χ3v) is 1.52. The second kappa shape index (κ2) is 2.68. The van der Waals surface area contributed by atoms with Crippen LogP contribution in [0, 0.1) is 0 Å². The molecule has 0 aliphatic heterocycles. The largest absolute Gasteiger partial charge is 0.251 e. The molecule has 48 valence electrons. The van der Waals surface area contributed by atoms with Gasteiger partial charge in [-0.05, 0) is 6.07 Å². The molecular weight excluding hydrogens is 136 g/mol. The van der Waals surface area contributed by atoms with Gasteiger partial charge in [-0.15, -0.1) is 0 Å². The third kappa shape index (κ3) is 1.57. The van der Waals surface area contributed by atoms with E-state index >= 15 is 0 Å². The van der Waals surface area contributed by atoms with Crippen LogP contribution in [0.4, 0.5) is 0 Å². The molecule has 0 spiro atoms. The first-order valence-electron chi connectivity index (χ1n) is 2.41. The Hall–Kier alpha value is -0.770. The lowest BCUT2D eigenvalue weighted by Gasteiger charge is -1.88. The molecule has 0 amide bonds. The van der Waals surface area contributed by atoms with E-state index in [9.17, 15) is 4.21 Å². The van der Waals surface area contributed by atoms with Gasteiger partial charge in [-0.2, -0.15) is 0 Å². The standard InChI is InChI=1S/C5H6N2OS/c1-9(8)5-6-3-2-4-7-5/h2-4H,1H3/t9-/m0/s1. The Balaban J connectivity index is 2.98. The maximum Gasteiger partial charge on any atom is 0.218 e. The quantitative estimate of drug-likeness (QED) is 0.526. The normalized spacial score (nSPS) is 13.0. The van der Waals surface area contributed by atoms with E-state index in [4.69, 9.17) is 0 Å². The Morgan fingerprint density at radius 3 is 2.33 bits per heavy atom. The molecule has 0 aliphatic carbocycles. The first kappa shape index (κ1) is 6.35. The Morgan fingerprint density at radius 1 is 1.44 bits per heavy atom. The maximum absolute atomic E-state index is 10.6. The maximum atomic E-state index is 10.6. The van der Waals surface area contributed by atoms with Gasteiger partial charge in [0.25, 0.3) is 0 Å². The zero-order chi connectivity index (χ0) is 6.69. The summed E-state index contributed by atoms with van der Waals surface area (Å²) in [5.74, 6) is 0. The summed E-state index contributed by atoms with van der Waals surface area (Å²) in [6, 6.07) is 1.69. The van der Waals surface area contributed by atoms with E-state index < -0.39 is 10.8 Å². The van der Waals surface area contributed by atoms with Gasteiger partial charge in [-0.1, -0.05) is 0 Å². The van der Waals surface area contributed by atoms with E-state index in [2.05, 4.69) is 9.97 Å². The van der Waals surface area contributed by atoms with E-state index in [1.54, 1.807) is 24.7 Å². The molecule has 3 nitrogen and oxygen atoms in total. The van der Waals surface area contributed by atoms with Crippen molar-refractivity contribution in [2.24, 2.45) is 0 Å². The van der Waals surface area contributed by atoms with Crippen molar-refractivity contribution in [3.63, 3.8) is 0 Å². The van der Waals surface area contributed by atoms with Gasteiger partial charge in [-0.25, -0.2) is 9.97 Å². The van der Waals surface area contributed by atoms with E-state index in [0.717, 1.165) is 0 Å². The molecule has 0 aromatic carbocycles. The summed E-state index contributed by atoms with van der Waals surface area (Å²) < 4.78 is 10.6. The summed E-state index contributed by atoms with van der Waals surface area (Å²) in [5.41, 5.74) is 0. The van der Waals surface area contributed by atoms with Gasteiger partial charge >= 0.3 is 0 Å². The third-order valence-electron chi connectivity index (χ3n) is 0.799. The average Bonchev–Trinajstić information content (AvgIpc) is 1.90. The van der Waals surface area contributed by atoms with Crippen molar-refractivity contribution in [3.05, 3.63) is 18.5 Å². The summed E-state index contributed by atoms with van der Waals surface area (Å²) in [4.78, 5) is 7.53. The minimum atomic E-state index is -1.05. The average molecular weight is 142 g/mol. The van der Waals surface area contributed by atoms with E-state index in [1.165, 1.54) is 0 Å². The second-order valence-electron chi connectivity index (χ2n) is 1.49. The van der Waals surface area contributed by atoms with Crippen molar-refractivity contribution in [1.29, 1.82) is 0 Å². The highest BCUT2D eigenvalue weighted by molar-refractivity contribution is 7.84. The van der Waals surface area contributed by atoms with Crippen LogP contribution < -0.4 is 0 Å². The minimum Gasteiger partial charge on any atom is -0.251 e. The van der Waals surface area contributed by atoms with E-state index in [1.807, 2.05) is 0 Å². The van der Waals surface area contributed by atoms with Crippen molar-refractivity contribution in [1.82, 2.24) is 9.97 Å². The highest BCUT2D eigenvalue weighted by Gasteiger charge is 1.95. The van der Waals surface area contributed by atoms with E-state index in [0.29, 0.717) is 5.16 Å².